The average Bonchev–Trinajstić information content (AvgIpc) is 3.33. The summed E-state index contributed by atoms with van der Waals surface area (Å²) in [6.07, 6.45) is 3.62. The number of rotatable bonds is 2. The molecular weight excluding hydrogens is 650 g/mol. The number of phenolic OH excluding ortho intramolecular Hbond substituents is 3. The number of aromatic hydroxyl groups is 3. The highest BCUT2D eigenvalue weighted by Gasteiger charge is 2.49. The van der Waals surface area contributed by atoms with Crippen molar-refractivity contribution >= 4 is 34.1 Å². The van der Waals surface area contributed by atoms with Gasteiger partial charge in [0.25, 0.3) is 11.7 Å². The maximum atomic E-state index is 13.9. The Morgan fingerprint density at radius 2 is 1.60 bits per heavy atom. The van der Waals surface area contributed by atoms with Gasteiger partial charge in [0.1, 0.15) is 23.4 Å². The highest BCUT2D eigenvalue weighted by Crippen LogP contribution is 2.53. The van der Waals surface area contributed by atoms with Crippen molar-refractivity contribution in [1.82, 2.24) is 0 Å². The third-order valence-electron chi connectivity index (χ3n) is 9.84. The summed E-state index contributed by atoms with van der Waals surface area (Å²) in [6.45, 7) is 12.5. The second kappa shape index (κ2) is 14.7. The van der Waals surface area contributed by atoms with Gasteiger partial charge in [-0.3, -0.25) is 14.4 Å². The van der Waals surface area contributed by atoms with Gasteiger partial charge in [0.05, 0.1) is 41.2 Å². The Morgan fingerprint density at radius 3 is 2.22 bits per heavy atom. The van der Waals surface area contributed by atoms with Crippen LogP contribution < -0.4 is 10.1 Å². The fraction of sp³-hybridized carbons (Fsp3) is 0.486. The zero-order valence-corrected chi connectivity index (χ0v) is 29.7. The van der Waals surface area contributed by atoms with E-state index in [-0.39, 0.29) is 38.9 Å². The molecule has 13 heteroatoms. The first-order valence-electron chi connectivity index (χ1n) is 16.4. The number of anilines is 1. The van der Waals surface area contributed by atoms with E-state index in [2.05, 4.69) is 5.32 Å². The van der Waals surface area contributed by atoms with Crippen molar-refractivity contribution < 1.29 is 58.9 Å². The predicted molar refractivity (Wildman–Crippen MR) is 184 cm³/mol. The fourth-order valence-corrected chi connectivity index (χ4v) is 6.65. The van der Waals surface area contributed by atoms with Gasteiger partial charge in [0.2, 0.25) is 0 Å². The van der Waals surface area contributed by atoms with Crippen molar-refractivity contribution in [3.05, 3.63) is 53.3 Å². The van der Waals surface area contributed by atoms with Crippen molar-refractivity contribution in [2.45, 2.75) is 85.6 Å². The molecule has 0 aliphatic carbocycles. The van der Waals surface area contributed by atoms with Crippen molar-refractivity contribution in [3.8, 4) is 23.0 Å². The van der Waals surface area contributed by atoms with Gasteiger partial charge in [-0.15, -0.1) is 0 Å². The van der Waals surface area contributed by atoms with Crippen LogP contribution in [-0.2, 0) is 23.8 Å². The minimum absolute atomic E-state index is 0.0709. The lowest BCUT2D eigenvalue weighted by Gasteiger charge is -2.38. The maximum Gasteiger partial charge on any atom is 0.312 e. The van der Waals surface area contributed by atoms with E-state index in [1.54, 1.807) is 39.8 Å². The van der Waals surface area contributed by atoms with E-state index in [0.29, 0.717) is 0 Å². The summed E-state index contributed by atoms with van der Waals surface area (Å²) in [7, 11) is 1.43. The van der Waals surface area contributed by atoms with E-state index in [9.17, 15) is 39.9 Å². The molecule has 1 amide bonds. The number of ketones is 1. The van der Waals surface area contributed by atoms with Crippen molar-refractivity contribution in [2.75, 3.05) is 12.4 Å². The highest BCUT2D eigenvalue weighted by molar-refractivity contribution is 6.21. The number of carbonyl (C=O) groups is 3. The van der Waals surface area contributed by atoms with Crippen LogP contribution in [0.25, 0.3) is 10.8 Å². The molecule has 9 atom stereocenters. The molecule has 3 aliphatic heterocycles. The first kappa shape index (κ1) is 38.2. The van der Waals surface area contributed by atoms with E-state index in [4.69, 9.17) is 18.9 Å². The molecular formula is C37H47NO12. The van der Waals surface area contributed by atoms with Crippen LogP contribution in [0.3, 0.4) is 0 Å². The molecule has 272 valence electrons. The molecule has 50 heavy (non-hydrogen) atoms. The van der Waals surface area contributed by atoms with Crippen molar-refractivity contribution in [2.24, 2.45) is 23.7 Å². The number of hydrogen-bond acceptors (Lipinski definition) is 12. The minimum Gasteiger partial charge on any atom is -0.507 e. The Bertz CT molecular complexity index is 1760. The van der Waals surface area contributed by atoms with Crippen LogP contribution in [0.15, 0.2) is 42.2 Å². The van der Waals surface area contributed by atoms with Crippen LogP contribution in [0.1, 0.15) is 64.4 Å². The third kappa shape index (κ3) is 7.03. The van der Waals surface area contributed by atoms with Gasteiger partial charge in [-0.05, 0) is 19.9 Å². The summed E-state index contributed by atoms with van der Waals surface area (Å²) >= 11 is 0. The Labute approximate surface area is 290 Å². The number of carbonyl (C=O) groups excluding carboxylic acids is 3. The number of amides is 1. The average molecular weight is 698 g/mol. The van der Waals surface area contributed by atoms with Gasteiger partial charge >= 0.3 is 11.8 Å². The molecule has 0 radical (unpaired) electrons. The fourth-order valence-electron chi connectivity index (χ4n) is 6.65. The SMILES string of the molecule is CO[C@H]1/C=C/O[C@@]2(C)Oc3c(C)c(O)c4c(O)c(cc(O)c4c3C2=O)NC(=O)/C(C)=C/C=C/[C@H](C)[C@H](O)[C@@H](C)[C@@H](O)[C@@H](C)[C@H](OC(C)=O)[C@@H]1C. The van der Waals surface area contributed by atoms with Crippen LogP contribution >= 0.6 is 0 Å². The van der Waals surface area contributed by atoms with Crippen LogP contribution in [0.5, 0.6) is 23.0 Å². The smallest absolute Gasteiger partial charge is 0.312 e. The second-order valence-electron chi connectivity index (χ2n) is 13.4. The first-order valence-corrected chi connectivity index (χ1v) is 16.4. The molecule has 2 aromatic carbocycles. The van der Waals surface area contributed by atoms with E-state index in [0.717, 1.165) is 6.07 Å². The van der Waals surface area contributed by atoms with E-state index >= 15 is 0 Å². The van der Waals surface area contributed by atoms with E-state index < -0.39 is 88.8 Å². The topological polar surface area (TPSA) is 201 Å². The quantitative estimate of drug-likeness (QED) is 0.143. The van der Waals surface area contributed by atoms with Gasteiger partial charge in [-0.2, -0.15) is 0 Å². The number of aliphatic hydroxyl groups is 2. The summed E-state index contributed by atoms with van der Waals surface area (Å²) in [5, 5.41) is 58.2. The predicted octanol–water partition coefficient (Wildman–Crippen LogP) is 4.75. The van der Waals surface area contributed by atoms with Crippen LogP contribution in [0.2, 0.25) is 0 Å². The van der Waals surface area contributed by atoms with Crippen molar-refractivity contribution in [3.63, 3.8) is 0 Å². The molecule has 0 aromatic heterocycles. The third-order valence-corrected chi connectivity index (χ3v) is 9.84. The van der Waals surface area contributed by atoms with Gasteiger partial charge in [0.15, 0.2) is 5.75 Å². The lowest BCUT2D eigenvalue weighted by atomic mass is 9.78. The van der Waals surface area contributed by atoms with Crippen molar-refractivity contribution in [1.29, 1.82) is 0 Å². The first-order chi connectivity index (χ1) is 23.4. The normalized spacial score (nSPS) is 33.2. The molecule has 5 bridgehead atoms. The summed E-state index contributed by atoms with van der Waals surface area (Å²) in [6, 6.07) is 1.06. The van der Waals surface area contributed by atoms with Crippen LogP contribution in [-0.4, -0.2) is 80.5 Å². The molecule has 3 aliphatic rings. The number of ether oxygens (including phenoxy) is 4. The number of methoxy groups -OCH3 is 1. The zero-order chi connectivity index (χ0) is 37.4. The number of phenols is 3. The molecule has 3 heterocycles. The molecule has 6 N–H and O–H groups in total. The van der Waals surface area contributed by atoms with E-state index in [1.165, 1.54) is 53.2 Å². The molecule has 5 rings (SSSR count). The van der Waals surface area contributed by atoms with Gasteiger partial charge < -0.3 is 49.8 Å². The van der Waals surface area contributed by atoms with Gasteiger partial charge in [-0.25, -0.2) is 0 Å². The molecule has 0 unspecified atom stereocenters. The summed E-state index contributed by atoms with van der Waals surface area (Å²) in [5.74, 6) is -7.99. The number of aliphatic hydroxyl groups excluding tert-OH is 2. The molecule has 0 spiro atoms. The standard InChI is InChI=1S/C37H47NO12/c1-16-11-10-12-17(2)36(46)38-23-15-24(40)26-27(32(23)44)31(43)21(6)34-28(26)35(45)37(8,50-34)48-14-13-25(47-9)18(3)33(49-22(7)39)20(5)30(42)19(4)29(16)41/h10-16,18-20,25,29-30,33,40-44H,1-9H3,(H,38,46)/b11-10+,14-13+,17-12+/t16-,18+,19+,20+,25-,29-,30+,33+,37-/m0/s1. The Kier molecular flexibility index (Phi) is 11.2. The highest BCUT2D eigenvalue weighted by atomic mass is 16.7. The number of nitrogens with one attached hydrogen (secondary N) is 1. The minimum atomic E-state index is -1.98. The number of Topliss-reactive ketones (excluding diaryl/α,β-unsaturated/α-hetero) is 1. The number of benzene rings is 2. The Balaban J connectivity index is 1.87. The monoisotopic (exact) mass is 697 g/mol. The number of fused-ring (bicyclic) bond motifs is 14. The maximum absolute atomic E-state index is 13.9. The Hall–Kier alpha value is -4.59. The summed E-state index contributed by atoms with van der Waals surface area (Å²) < 4.78 is 23.2. The number of allylic oxidation sites excluding steroid dienone is 2. The lowest BCUT2D eigenvalue weighted by Crippen LogP contribution is -2.46. The number of esters is 1. The lowest BCUT2D eigenvalue weighted by molar-refractivity contribution is -0.160. The summed E-state index contributed by atoms with van der Waals surface area (Å²) in [5.41, 5.74) is -0.0929. The molecule has 13 nitrogen and oxygen atoms in total. The molecule has 0 saturated carbocycles. The van der Waals surface area contributed by atoms with Crippen LogP contribution in [0, 0.1) is 30.6 Å². The molecule has 0 saturated heterocycles. The summed E-state index contributed by atoms with van der Waals surface area (Å²) in [4.78, 5) is 39.2. The van der Waals surface area contributed by atoms with Gasteiger partial charge in [-0.1, -0.05) is 45.9 Å². The number of hydrogen-bond donors (Lipinski definition) is 6. The largest absolute Gasteiger partial charge is 0.507 e. The zero-order valence-electron chi connectivity index (χ0n) is 29.7. The Morgan fingerprint density at radius 1 is 0.940 bits per heavy atom. The van der Waals surface area contributed by atoms with Gasteiger partial charge in [0, 0.05) is 67.2 Å². The van der Waals surface area contributed by atoms with E-state index in [1.807, 2.05) is 0 Å². The molecule has 0 fully saturated rings. The van der Waals surface area contributed by atoms with Crippen LogP contribution in [0.4, 0.5) is 5.69 Å². The second-order valence-corrected chi connectivity index (χ2v) is 13.4. The molecule has 2 aromatic rings.